The van der Waals surface area contributed by atoms with Crippen LogP contribution in [0.3, 0.4) is 0 Å². The fourth-order valence-electron chi connectivity index (χ4n) is 2.79. The van der Waals surface area contributed by atoms with E-state index in [1.165, 1.54) is 11.8 Å². The van der Waals surface area contributed by atoms with Gasteiger partial charge in [0, 0.05) is 19.1 Å². The number of amides is 1. The molecule has 8 heteroatoms. The van der Waals surface area contributed by atoms with E-state index < -0.39 is 0 Å². The highest BCUT2D eigenvalue weighted by atomic mass is 32.2. The van der Waals surface area contributed by atoms with E-state index in [1.54, 1.807) is 4.68 Å². The zero-order valence-electron chi connectivity index (χ0n) is 13.8. The van der Waals surface area contributed by atoms with Gasteiger partial charge in [0.25, 0.3) is 0 Å². The lowest BCUT2D eigenvalue weighted by Crippen LogP contribution is -2.45. The highest BCUT2D eigenvalue weighted by molar-refractivity contribution is 7.99. The highest BCUT2D eigenvalue weighted by Gasteiger charge is 2.20. The lowest BCUT2D eigenvalue weighted by atomic mass is 10.1. The van der Waals surface area contributed by atoms with E-state index in [4.69, 9.17) is 0 Å². The zero-order chi connectivity index (χ0) is 16.8. The average Bonchev–Trinajstić information content (AvgIpc) is 3.10. The van der Waals surface area contributed by atoms with Crippen LogP contribution in [0, 0.1) is 0 Å². The van der Waals surface area contributed by atoms with Crippen molar-refractivity contribution in [2.75, 3.05) is 25.4 Å². The quantitative estimate of drug-likeness (QED) is 0.796. The number of benzene rings is 1. The Kier molecular flexibility index (Phi) is 5.81. The van der Waals surface area contributed by atoms with E-state index in [-0.39, 0.29) is 11.9 Å². The summed E-state index contributed by atoms with van der Waals surface area (Å²) >= 11 is 1.35. The third-order valence-electron chi connectivity index (χ3n) is 4.17. The Morgan fingerprint density at radius 2 is 2.04 bits per heavy atom. The van der Waals surface area contributed by atoms with Crippen LogP contribution in [0.4, 0.5) is 0 Å². The summed E-state index contributed by atoms with van der Waals surface area (Å²) in [5.74, 6) is 0.360. The molecule has 3 rings (SSSR count). The molecule has 7 nitrogen and oxygen atoms in total. The van der Waals surface area contributed by atoms with Crippen LogP contribution in [-0.2, 0) is 4.79 Å². The first-order valence-corrected chi connectivity index (χ1v) is 9.23. The summed E-state index contributed by atoms with van der Waals surface area (Å²) in [6, 6.07) is 9.95. The molecule has 1 aliphatic rings. The van der Waals surface area contributed by atoms with E-state index in [2.05, 4.69) is 32.7 Å². The molecule has 0 saturated carbocycles. The van der Waals surface area contributed by atoms with Gasteiger partial charge in [-0.05, 0) is 41.9 Å². The van der Waals surface area contributed by atoms with Gasteiger partial charge in [0.1, 0.15) is 0 Å². The number of carbonyl (C=O) groups excluding carboxylic acids is 1. The Hall–Kier alpha value is -1.93. The normalized spacial score (nSPS) is 16.2. The monoisotopic (exact) mass is 346 g/mol. The third-order valence-corrected chi connectivity index (χ3v) is 5.09. The van der Waals surface area contributed by atoms with Crippen molar-refractivity contribution in [1.29, 1.82) is 0 Å². The number of rotatable bonds is 6. The van der Waals surface area contributed by atoms with Gasteiger partial charge in [-0.2, -0.15) is 4.68 Å². The van der Waals surface area contributed by atoms with Crippen molar-refractivity contribution >= 4 is 17.7 Å². The molecular weight excluding hydrogens is 324 g/mol. The van der Waals surface area contributed by atoms with Gasteiger partial charge >= 0.3 is 0 Å². The number of aromatic nitrogens is 4. The average molecular weight is 346 g/mol. The molecule has 1 N–H and O–H groups in total. The molecule has 1 amide bonds. The van der Waals surface area contributed by atoms with Crippen molar-refractivity contribution in [3.05, 3.63) is 30.3 Å². The number of hydrogen-bond donors (Lipinski definition) is 1. The fraction of sp³-hybridized carbons (Fsp3) is 0.500. The number of likely N-dealkylation sites (tertiary alicyclic amines) is 1. The summed E-state index contributed by atoms with van der Waals surface area (Å²) < 4.78 is 1.65. The second-order valence-electron chi connectivity index (χ2n) is 5.77. The number of piperidine rings is 1. The van der Waals surface area contributed by atoms with Gasteiger partial charge in [-0.15, -0.1) is 5.10 Å². The predicted molar refractivity (Wildman–Crippen MR) is 93.2 cm³/mol. The molecule has 1 aromatic carbocycles. The number of carbonyl (C=O) groups is 1. The number of hydrogen-bond acceptors (Lipinski definition) is 6. The largest absolute Gasteiger partial charge is 0.353 e. The van der Waals surface area contributed by atoms with Crippen molar-refractivity contribution in [1.82, 2.24) is 30.4 Å². The highest BCUT2D eigenvalue weighted by Crippen LogP contribution is 2.18. The van der Waals surface area contributed by atoms with E-state index >= 15 is 0 Å². The standard InChI is InChI=1S/C16H22N6OS/c1-2-21-10-8-13(9-11-21)17-15(23)12-24-16-18-19-20-22(16)14-6-4-3-5-7-14/h3-7,13H,2,8-12H2,1H3,(H,17,23). The molecule has 2 aromatic rings. The lowest BCUT2D eigenvalue weighted by molar-refractivity contribution is -0.119. The molecule has 1 aliphatic heterocycles. The van der Waals surface area contributed by atoms with Crippen LogP contribution in [0.2, 0.25) is 0 Å². The van der Waals surface area contributed by atoms with Crippen molar-refractivity contribution in [2.24, 2.45) is 0 Å². The minimum atomic E-state index is 0.0394. The molecule has 0 spiro atoms. The Labute approximate surface area is 145 Å². The Bertz CT molecular complexity index is 654. The molecule has 24 heavy (non-hydrogen) atoms. The van der Waals surface area contributed by atoms with Crippen LogP contribution in [0.1, 0.15) is 19.8 Å². The van der Waals surface area contributed by atoms with Gasteiger partial charge in [0.05, 0.1) is 11.4 Å². The van der Waals surface area contributed by atoms with Crippen LogP contribution >= 0.6 is 11.8 Å². The van der Waals surface area contributed by atoms with E-state index in [0.29, 0.717) is 10.9 Å². The molecule has 0 unspecified atom stereocenters. The fourth-order valence-corrected chi connectivity index (χ4v) is 3.50. The van der Waals surface area contributed by atoms with Crippen LogP contribution in [0.25, 0.3) is 5.69 Å². The SMILES string of the molecule is CCN1CCC(NC(=O)CSc2nnnn2-c2ccccc2)CC1. The molecule has 1 fully saturated rings. The Morgan fingerprint density at radius 1 is 1.29 bits per heavy atom. The van der Waals surface area contributed by atoms with E-state index in [1.807, 2.05) is 30.3 Å². The van der Waals surface area contributed by atoms with Crippen LogP contribution < -0.4 is 5.32 Å². The maximum absolute atomic E-state index is 12.2. The van der Waals surface area contributed by atoms with Gasteiger partial charge in [0.15, 0.2) is 0 Å². The molecule has 0 radical (unpaired) electrons. The second kappa shape index (κ2) is 8.25. The molecule has 0 atom stereocenters. The molecule has 2 heterocycles. The topological polar surface area (TPSA) is 75.9 Å². The molecule has 0 aliphatic carbocycles. The zero-order valence-corrected chi connectivity index (χ0v) is 14.6. The maximum Gasteiger partial charge on any atom is 0.230 e. The predicted octanol–water partition coefficient (Wildman–Crippen LogP) is 1.35. The van der Waals surface area contributed by atoms with Crippen LogP contribution in [0.5, 0.6) is 0 Å². The maximum atomic E-state index is 12.2. The Morgan fingerprint density at radius 3 is 2.75 bits per heavy atom. The van der Waals surface area contributed by atoms with Crippen molar-refractivity contribution < 1.29 is 4.79 Å². The minimum Gasteiger partial charge on any atom is -0.353 e. The minimum absolute atomic E-state index is 0.0394. The molecule has 0 bridgehead atoms. The molecule has 128 valence electrons. The van der Waals surface area contributed by atoms with Crippen molar-refractivity contribution in [3.8, 4) is 5.69 Å². The van der Waals surface area contributed by atoms with Crippen LogP contribution in [0.15, 0.2) is 35.5 Å². The summed E-state index contributed by atoms with van der Waals surface area (Å²) in [6.07, 6.45) is 2.04. The molecule has 1 aromatic heterocycles. The lowest BCUT2D eigenvalue weighted by Gasteiger charge is -2.31. The number of para-hydroxylation sites is 1. The number of tetrazole rings is 1. The smallest absolute Gasteiger partial charge is 0.230 e. The number of thioether (sulfide) groups is 1. The third kappa shape index (κ3) is 4.33. The van der Waals surface area contributed by atoms with Gasteiger partial charge in [-0.1, -0.05) is 36.9 Å². The first-order valence-electron chi connectivity index (χ1n) is 8.24. The first-order chi connectivity index (χ1) is 11.8. The molecular formula is C16H22N6OS. The summed E-state index contributed by atoms with van der Waals surface area (Å²) in [5, 5.41) is 15.5. The van der Waals surface area contributed by atoms with E-state index in [0.717, 1.165) is 38.2 Å². The summed E-state index contributed by atoms with van der Waals surface area (Å²) in [5.41, 5.74) is 0.886. The Balaban J connectivity index is 1.50. The van der Waals surface area contributed by atoms with Crippen LogP contribution in [-0.4, -0.2) is 62.4 Å². The summed E-state index contributed by atoms with van der Waals surface area (Å²) in [7, 11) is 0. The number of nitrogens with zero attached hydrogens (tertiary/aromatic N) is 5. The van der Waals surface area contributed by atoms with Gasteiger partial charge in [0.2, 0.25) is 11.1 Å². The number of nitrogens with one attached hydrogen (secondary N) is 1. The summed E-state index contributed by atoms with van der Waals surface area (Å²) in [4.78, 5) is 14.6. The second-order valence-corrected chi connectivity index (χ2v) is 6.72. The van der Waals surface area contributed by atoms with Gasteiger partial charge < -0.3 is 10.2 Å². The molecule has 1 saturated heterocycles. The first kappa shape index (κ1) is 16.9. The van der Waals surface area contributed by atoms with Crippen molar-refractivity contribution in [2.45, 2.75) is 31.0 Å². The van der Waals surface area contributed by atoms with E-state index in [9.17, 15) is 4.79 Å². The summed E-state index contributed by atoms with van der Waals surface area (Å²) in [6.45, 7) is 5.37. The van der Waals surface area contributed by atoms with Gasteiger partial charge in [-0.3, -0.25) is 4.79 Å². The van der Waals surface area contributed by atoms with Gasteiger partial charge in [-0.25, -0.2) is 0 Å². The van der Waals surface area contributed by atoms with Crippen molar-refractivity contribution in [3.63, 3.8) is 0 Å².